The molecule has 2 aliphatic rings. The summed E-state index contributed by atoms with van der Waals surface area (Å²) in [5, 5.41) is 9.62. The van der Waals surface area contributed by atoms with E-state index in [9.17, 15) is 9.90 Å². The van der Waals surface area contributed by atoms with Crippen molar-refractivity contribution in [3.8, 4) is 5.75 Å². The fraction of sp³-hybridized carbons (Fsp3) is 0.400. The van der Waals surface area contributed by atoms with Crippen molar-refractivity contribution < 1.29 is 19.0 Å². The first-order chi connectivity index (χ1) is 17.2. The Hall–Kier alpha value is -3.25. The molecule has 1 N–H and O–H groups in total. The van der Waals surface area contributed by atoms with E-state index in [2.05, 4.69) is 40.2 Å². The van der Waals surface area contributed by atoms with E-state index < -0.39 is 17.2 Å². The van der Waals surface area contributed by atoms with E-state index in [1.54, 1.807) is 6.20 Å². The van der Waals surface area contributed by atoms with Crippen LogP contribution in [0.2, 0.25) is 0 Å². The molecule has 0 spiro atoms. The van der Waals surface area contributed by atoms with E-state index in [0.717, 1.165) is 37.1 Å². The highest BCUT2D eigenvalue weighted by Crippen LogP contribution is 2.49. The predicted molar refractivity (Wildman–Crippen MR) is 137 cm³/mol. The number of hydrogen-bond donors (Lipinski definition) is 1. The number of nitrogens with zero attached hydrogens (tertiary/aromatic N) is 2. The number of benzene rings is 2. The van der Waals surface area contributed by atoms with Crippen LogP contribution in [0.15, 0.2) is 60.9 Å². The molecule has 1 aliphatic heterocycles. The first kappa shape index (κ1) is 24.4. The molecule has 5 nitrogen and oxygen atoms in total. The third-order valence-electron chi connectivity index (χ3n) is 7.17. The molecule has 0 radical (unpaired) electrons. The maximum absolute atomic E-state index is 15.4. The van der Waals surface area contributed by atoms with Crippen LogP contribution in [0.25, 0.3) is 0 Å². The average molecular weight is 489 g/mol. The van der Waals surface area contributed by atoms with Crippen molar-refractivity contribution in [2.24, 2.45) is 5.92 Å². The number of rotatable bonds is 8. The molecule has 5 rings (SSSR count). The second-order valence-electron chi connectivity index (χ2n) is 11.1. The zero-order valence-electron chi connectivity index (χ0n) is 21.1. The van der Waals surface area contributed by atoms with Gasteiger partial charge in [-0.25, -0.2) is 9.18 Å². The van der Waals surface area contributed by atoms with Crippen molar-refractivity contribution in [2.45, 2.75) is 51.0 Å². The number of hydrogen-bond acceptors (Lipinski definition) is 4. The SMILES string of the molecule is CC(C)(C)c1c(F)c(C(=O)O)cc(C2CC2)c1OCC1CN(C(c2ccccc2)c2cccnc2)C1. The normalized spacial score (nSPS) is 17.4. The number of ether oxygens (including phenoxy) is 1. The maximum atomic E-state index is 15.4. The minimum absolute atomic E-state index is 0.121. The molecule has 2 heterocycles. The molecule has 1 atom stereocenters. The number of carbonyl (C=O) groups is 1. The lowest BCUT2D eigenvalue weighted by atomic mass is 9.82. The van der Waals surface area contributed by atoms with Gasteiger partial charge in [0.15, 0.2) is 0 Å². The number of carboxylic acids is 1. The van der Waals surface area contributed by atoms with E-state index in [-0.39, 0.29) is 17.5 Å². The van der Waals surface area contributed by atoms with Gasteiger partial charge in [0, 0.05) is 37.0 Å². The Morgan fingerprint density at radius 3 is 2.42 bits per heavy atom. The summed E-state index contributed by atoms with van der Waals surface area (Å²) in [5.74, 6) is -0.813. The molecular weight excluding hydrogens is 455 g/mol. The summed E-state index contributed by atoms with van der Waals surface area (Å²) >= 11 is 0. The molecule has 0 bridgehead atoms. The number of aromatic carboxylic acids is 1. The van der Waals surface area contributed by atoms with Crippen LogP contribution in [0.1, 0.15) is 78.2 Å². The van der Waals surface area contributed by atoms with E-state index in [1.165, 1.54) is 11.6 Å². The van der Waals surface area contributed by atoms with Gasteiger partial charge in [-0.2, -0.15) is 0 Å². The Balaban J connectivity index is 1.36. The topological polar surface area (TPSA) is 62.7 Å². The van der Waals surface area contributed by atoms with Gasteiger partial charge in [-0.05, 0) is 53.0 Å². The number of halogens is 1. The van der Waals surface area contributed by atoms with E-state index in [1.807, 2.05) is 39.1 Å². The molecule has 188 valence electrons. The fourth-order valence-electron chi connectivity index (χ4n) is 5.26. The van der Waals surface area contributed by atoms with Crippen molar-refractivity contribution in [1.82, 2.24) is 9.88 Å². The number of aromatic nitrogens is 1. The molecule has 1 saturated carbocycles. The van der Waals surface area contributed by atoms with E-state index in [0.29, 0.717) is 23.8 Å². The third kappa shape index (κ3) is 4.87. The van der Waals surface area contributed by atoms with Crippen LogP contribution in [-0.2, 0) is 5.41 Å². The lowest BCUT2D eigenvalue weighted by Gasteiger charge is -2.44. The van der Waals surface area contributed by atoms with Crippen LogP contribution in [-0.4, -0.2) is 40.7 Å². The summed E-state index contributed by atoms with van der Waals surface area (Å²) < 4.78 is 21.8. The Kier molecular flexibility index (Phi) is 6.56. The van der Waals surface area contributed by atoms with Crippen LogP contribution >= 0.6 is 0 Å². The summed E-state index contributed by atoms with van der Waals surface area (Å²) in [6, 6.07) is 16.1. The van der Waals surface area contributed by atoms with Crippen LogP contribution in [0.5, 0.6) is 5.75 Å². The molecule has 1 aliphatic carbocycles. The molecular formula is C30H33FN2O3. The second-order valence-corrected chi connectivity index (χ2v) is 11.1. The molecule has 2 fully saturated rings. The van der Waals surface area contributed by atoms with Gasteiger partial charge in [0.2, 0.25) is 0 Å². The summed E-state index contributed by atoms with van der Waals surface area (Å²) in [7, 11) is 0. The molecule has 1 aromatic heterocycles. The third-order valence-corrected chi connectivity index (χ3v) is 7.17. The highest BCUT2D eigenvalue weighted by molar-refractivity contribution is 5.89. The molecule has 2 aromatic carbocycles. The number of pyridine rings is 1. The van der Waals surface area contributed by atoms with Gasteiger partial charge in [0.1, 0.15) is 11.6 Å². The minimum atomic E-state index is -1.23. The van der Waals surface area contributed by atoms with Crippen molar-refractivity contribution >= 4 is 5.97 Å². The van der Waals surface area contributed by atoms with Crippen LogP contribution < -0.4 is 4.74 Å². The van der Waals surface area contributed by atoms with Gasteiger partial charge in [0.25, 0.3) is 0 Å². The first-order valence-corrected chi connectivity index (χ1v) is 12.7. The summed E-state index contributed by atoms with van der Waals surface area (Å²) in [5.41, 5.74) is 2.75. The van der Waals surface area contributed by atoms with E-state index in [4.69, 9.17) is 4.74 Å². The summed E-state index contributed by atoms with van der Waals surface area (Å²) in [6.45, 7) is 7.90. The molecule has 6 heteroatoms. The largest absolute Gasteiger partial charge is 0.492 e. The van der Waals surface area contributed by atoms with Crippen molar-refractivity contribution in [3.05, 3.63) is 94.6 Å². The van der Waals surface area contributed by atoms with Crippen LogP contribution in [0.4, 0.5) is 4.39 Å². The van der Waals surface area contributed by atoms with Gasteiger partial charge in [-0.15, -0.1) is 0 Å². The summed E-state index contributed by atoms with van der Waals surface area (Å²) in [4.78, 5) is 18.5. The molecule has 36 heavy (non-hydrogen) atoms. The molecule has 1 unspecified atom stereocenters. The lowest BCUT2D eigenvalue weighted by Crippen LogP contribution is -2.51. The van der Waals surface area contributed by atoms with Crippen molar-refractivity contribution in [3.63, 3.8) is 0 Å². The smallest absolute Gasteiger partial charge is 0.338 e. The minimum Gasteiger partial charge on any atom is -0.492 e. The molecule has 1 saturated heterocycles. The van der Waals surface area contributed by atoms with E-state index >= 15 is 4.39 Å². The molecule has 3 aromatic rings. The highest BCUT2D eigenvalue weighted by atomic mass is 19.1. The Bertz CT molecular complexity index is 1190. The Morgan fingerprint density at radius 1 is 1.14 bits per heavy atom. The summed E-state index contributed by atoms with van der Waals surface area (Å²) in [6.07, 6.45) is 5.67. The van der Waals surface area contributed by atoms with Crippen LogP contribution in [0.3, 0.4) is 0 Å². The number of likely N-dealkylation sites (tertiary alicyclic amines) is 1. The van der Waals surface area contributed by atoms with Gasteiger partial charge in [0.05, 0.1) is 18.2 Å². The van der Waals surface area contributed by atoms with Crippen molar-refractivity contribution in [2.75, 3.05) is 19.7 Å². The quantitative estimate of drug-likeness (QED) is 0.409. The van der Waals surface area contributed by atoms with Crippen molar-refractivity contribution in [1.29, 1.82) is 0 Å². The van der Waals surface area contributed by atoms with Crippen LogP contribution in [0, 0.1) is 11.7 Å². The van der Waals surface area contributed by atoms with Gasteiger partial charge < -0.3 is 9.84 Å². The maximum Gasteiger partial charge on any atom is 0.338 e. The molecule has 0 amide bonds. The first-order valence-electron chi connectivity index (χ1n) is 12.7. The van der Waals surface area contributed by atoms with Gasteiger partial charge in [-0.3, -0.25) is 9.88 Å². The fourth-order valence-corrected chi connectivity index (χ4v) is 5.26. The standard InChI is InChI=1S/C30H33FN2O3/c1-30(2,3)25-26(31)24(29(34)35)14-23(20-11-12-20)28(25)36-18-19-16-33(17-19)27(21-8-5-4-6-9-21)22-10-7-13-32-15-22/h4-10,13-15,19-20,27H,11-12,16-18H2,1-3H3,(H,34,35). The zero-order chi connectivity index (χ0) is 25.4. The monoisotopic (exact) mass is 488 g/mol. The lowest BCUT2D eigenvalue weighted by molar-refractivity contribution is 0.0369. The predicted octanol–water partition coefficient (Wildman–Crippen LogP) is 6.19. The van der Waals surface area contributed by atoms with Gasteiger partial charge in [-0.1, -0.05) is 57.2 Å². The average Bonchev–Trinajstić information content (AvgIpc) is 3.66. The zero-order valence-corrected chi connectivity index (χ0v) is 21.1. The number of carboxylic acid groups (broad SMARTS) is 1. The highest BCUT2D eigenvalue weighted by Gasteiger charge is 2.38. The Labute approximate surface area is 211 Å². The second kappa shape index (κ2) is 9.66. The van der Waals surface area contributed by atoms with Gasteiger partial charge >= 0.3 is 5.97 Å². The Morgan fingerprint density at radius 2 is 1.83 bits per heavy atom.